The first kappa shape index (κ1) is 18.7. The zero-order chi connectivity index (χ0) is 21.3. The van der Waals surface area contributed by atoms with Gasteiger partial charge in [-0.2, -0.15) is 0 Å². The molecule has 31 heavy (non-hydrogen) atoms. The third-order valence-corrected chi connectivity index (χ3v) is 6.24. The predicted molar refractivity (Wildman–Crippen MR) is 118 cm³/mol. The van der Waals surface area contributed by atoms with Crippen LogP contribution in [0.4, 0.5) is 0 Å². The van der Waals surface area contributed by atoms with Crippen molar-refractivity contribution >= 4 is 43.9 Å². The molecule has 3 aromatic carbocycles. The van der Waals surface area contributed by atoms with Crippen LogP contribution >= 0.6 is 0 Å². The van der Waals surface area contributed by atoms with E-state index in [0.29, 0.717) is 11.2 Å². The molecule has 2 aromatic heterocycles. The number of aliphatic hydroxyl groups excluding tert-OH is 3. The van der Waals surface area contributed by atoms with Crippen LogP contribution in [0, 0.1) is 0 Å². The molecule has 0 bridgehead atoms. The summed E-state index contributed by atoms with van der Waals surface area (Å²) in [4.78, 5) is 9.83. The van der Waals surface area contributed by atoms with Crippen LogP contribution in [0.1, 0.15) is 13.2 Å². The summed E-state index contributed by atoms with van der Waals surface area (Å²) in [5, 5.41) is 34.3. The number of rotatable bonds is 1. The molecule has 7 heteroatoms. The molecule has 7 nitrogen and oxygen atoms in total. The Balaban J connectivity index is 1.67. The van der Waals surface area contributed by atoms with Gasteiger partial charge < -0.3 is 20.1 Å². The van der Waals surface area contributed by atoms with Gasteiger partial charge >= 0.3 is 0 Å². The van der Waals surface area contributed by atoms with Gasteiger partial charge in [-0.15, -0.1) is 0 Å². The number of nitrogens with zero attached hydrogens (tertiary/aromatic N) is 3. The molecule has 1 aliphatic rings. The Morgan fingerprint density at radius 1 is 0.806 bits per heavy atom. The van der Waals surface area contributed by atoms with Crippen LogP contribution in [-0.2, 0) is 4.74 Å². The van der Waals surface area contributed by atoms with E-state index >= 15 is 0 Å². The van der Waals surface area contributed by atoms with E-state index in [-0.39, 0.29) is 0 Å². The van der Waals surface area contributed by atoms with Gasteiger partial charge in [-0.1, -0.05) is 42.5 Å². The van der Waals surface area contributed by atoms with Crippen LogP contribution in [0.25, 0.3) is 43.9 Å². The molecule has 5 aromatic rings. The molecule has 3 heterocycles. The maximum absolute atomic E-state index is 10.8. The van der Waals surface area contributed by atoms with E-state index in [2.05, 4.69) is 0 Å². The van der Waals surface area contributed by atoms with Crippen molar-refractivity contribution in [3.05, 3.63) is 60.7 Å². The van der Waals surface area contributed by atoms with E-state index in [0.717, 1.165) is 32.7 Å². The van der Waals surface area contributed by atoms with Crippen molar-refractivity contribution in [1.82, 2.24) is 14.5 Å². The van der Waals surface area contributed by atoms with Crippen LogP contribution in [0.2, 0.25) is 0 Å². The average molecular weight is 415 g/mol. The average Bonchev–Trinajstić information content (AvgIpc) is 3.10. The monoisotopic (exact) mass is 415 g/mol. The highest BCUT2D eigenvalue weighted by Crippen LogP contribution is 2.37. The molecule has 0 unspecified atom stereocenters. The van der Waals surface area contributed by atoms with Gasteiger partial charge in [0.2, 0.25) is 0 Å². The normalized spacial score (nSPS) is 26.9. The number of ether oxygens (including phenoxy) is 1. The number of aliphatic hydroxyl groups is 3. The molecule has 1 aliphatic heterocycles. The van der Waals surface area contributed by atoms with Gasteiger partial charge in [-0.3, -0.25) is 4.57 Å². The van der Waals surface area contributed by atoms with E-state index in [1.54, 1.807) is 11.5 Å². The summed E-state index contributed by atoms with van der Waals surface area (Å²) in [5.74, 6) is 0. The molecular weight excluding hydrogens is 394 g/mol. The summed E-state index contributed by atoms with van der Waals surface area (Å²) in [6.07, 6.45) is -5.39. The van der Waals surface area contributed by atoms with Crippen LogP contribution in [0.3, 0.4) is 0 Å². The molecule has 5 atom stereocenters. The fraction of sp³-hybridized carbons (Fsp3) is 0.250. The van der Waals surface area contributed by atoms with Crippen molar-refractivity contribution in [2.24, 2.45) is 0 Å². The highest BCUT2D eigenvalue weighted by Gasteiger charge is 2.43. The van der Waals surface area contributed by atoms with Gasteiger partial charge in [0.15, 0.2) is 11.9 Å². The quantitative estimate of drug-likeness (QED) is 0.364. The summed E-state index contributed by atoms with van der Waals surface area (Å²) >= 11 is 0. The summed E-state index contributed by atoms with van der Waals surface area (Å²) < 4.78 is 7.74. The second-order valence-electron chi connectivity index (χ2n) is 8.17. The highest BCUT2D eigenvalue weighted by molar-refractivity contribution is 6.07. The molecular formula is C24H21N3O4. The van der Waals surface area contributed by atoms with Crippen molar-refractivity contribution in [2.75, 3.05) is 0 Å². The lowest BCUT2D eigenvalue weighted by molar-refractivity contribution is -0.238. The second kappa shape index (κ2) is 6.70. The van der Waals surface area contributed by atoms with Crippen molar-refractivity contribution in [2.45, 2.75) is 37.6 Å². The lowest BCUT2D eigenvalue weighted by atomic mass is 9.99. The van der Waals surface area contributed by atoms with E-state index in [1.165, 1.54) is 0 Å². The molecule has 0 spiro atoms. The van der Waals surface area contributed by atoms with Crippen molar-refractivity contribution in [1.29, 1.82) is 0 Å². The maximum Gasteiger partial charge on any atom is 0.164 e. The number of hydrogen-bond donors (Lipinski definition) is 3. The van der Waals surface area contributed by atoms with E-state index < -0.39 is 30.6 Å². The topological polar surface area (TPSA) is 101 Å². The fourth-order valence-corrected chi connectivity index (χ4v) is 4.58. The Kier molecular flexibility index (Phi) is 4.03. The number of para-hydroxylation sites is 1. The van der Waals surface area contributed by atoms with Gasteiger partial charge in [0, 0.05) is 5.39 Å². The van der Waals surface area contributed by atoms with Crippen LogP contribution in [-0.4, -0.2) is 54.3 Å². The summed E-state index contributed by atoms with van der Waals surface area (Å²) in [6.45, 7) is 1.67. The zero-order valence-electron chi connectivity index (χ0n) is 16.8. The molecule has 0 saturated carbocycles. The van der Waals surface area contributed by atoms with E-state index in [4.69, 9.17) is 14.7 Å². The Hall–Kier alpha value is -3.10. The Morgan fingerprint density at radius 3 is 2.19 bits per heavy atom. The first-order valence-corrected chi connectivity index (χ1v) is 10.3. The van der Waals surface area contributed by atoms with Gasteiger partial charge in [-0.05, 0) is 35.9 Å². The van der Waals surface area contributed by atoms with Crippen LogP contribution in [0.5, 0.6) is 0 Å². The summed E-state index contributed by atoms with van der Waals surface area (Å²) in [5.41, 5.74) is 3.56. The molecule has 0 amide bonds. The smallest absolute Gasteiger partial charge is 0.164 e. The largest absolute Gasteiger partial charge is 0.388 e. The van der Waals surface area contributed by atoms with Gasteiger partial charge in [0.25, 0.3) is 0 Å². The van der Waals surface area contributed by atoms with Gasteiger partial charge in [0.05, 0.1) is 22.7 Å². The lowest BCUT2D eigenvalue weighted by Crippen LogP contribution is -2.54. The molecule has 156 valence electrons. The molecule has 6 rings (SSSR count). The van der Waals surface area contributed by atoms with E-state index in [9.17, 15) is 15.3 Å². The van der Waals surface area contributed by atoms with Crippen molar-refractivity contribution in [3.8, 4) is 0 Å². The Labute approximate surface area is 177 Å². The van der Waals surface area contributed by atoms with Gasteiger partial charge in [0.1, 0.15) is 23.8 Å². The molecule has 3 N–H and O–H groups in total. The van der Waals surface area contributed by atoms with E-state index in [1.807, 2.05) is 60.7 Å². The number of fused-ring (bicyclic) bond motifs is 5. The van der Waals surface area contributed by atoms with Crippen LogP contribution < -0.4 is 0 Å². The summed E-state index contributed by atoms with van der Waals surface area (Å²) in [7, 11) is 0. The van der Waals surface area contributed by atoms with Crippen molar-refractivity contribution < 1.29 is 20.1 Å². The maximum atomic E-state index is 10.8. The Morgan fingerprint density at radius 2 is 1.45 bits per heavy atom. The number of hydrogen-bond acceptors (Lipinski definition) is 6. The molecule has 0 aliphatic carbocycles. The molecule has 1 fully saturated rings. The second-order valence-corrected chi connectivity index (χ2v) is 8.17. The first-order valence-electron chi connectivity index (χ1n) is 10.3. The zero-order valence-corrected chi connectivity index (χ0v) is 16.8. The number of aromatic nitrogens is 3. The van der Waals surface area contributed by atoms with Gasteiger partial charge in [-0.25, -0.2) is 9.97 Å². The standard InChI is InChI=1S/C24H21N3O4/c1-12-20(28)21(29)22(30)24(31-12)27-18-9-5-4-8-15(18)19-23(27)26-17-11-14-7-3-2-6-13(14)10-16(17)25-19/h2-12,20-22,24,28-30H,1H3/t12-,20-,21+,22+,24-/m0/s1. The lowest BCUT2D eigenvalue weighted by Gasteiger charge is -2.40. The minimum atomic E-state index is -1.33. The minimum absolute atomic E-state index is 0.559. The predicted octanol–water partition coefficient (Wildman–Crippen LogP) is 2.89. The molecule has 0 radical (unpaired) electrons. The summed E-state index contributed by atoms with van der Waals surface area (Å²) in [6, 6.07) is 19.8. The molecule has 1 saturated heterocycles. The minimum Gasteiger partial charge on any atom is -0.388 e. The highest BCUT2D eigenvalue weighted by atomic mass is 16.5. The SMILES string of the molecule is C[C@@H]1O[C@H](n2c3ccccc3c3nc4cc5ccccc5cc4nc32)[C@H](O)[C@H](O)[C@H]1O. The van der Waals surface area contributed by atoms with Crippen molar-refractivity contribution in [3.63, 3.8) is 0 Å². The third kappa shape index (κ3) is 2.68. The number of benzene rings is 3. The third-order valence-electron chi connectivity index (χ3n) is 6.24. The Bertz CT molecular complexity index is 1460. The fourth-order valence-electron chi connectivity index (χ4n) is 4.58. The first-order chi connectivity index (χ1) is 15.0. The van der Waals surface area contributed by atoms with Crippen LogP contribution in [0.15, 0.2) is 60.7 Å².